The van der Waals surface area contributed by atoms with Gasteiger partial charge in [0.05, 0.1) is 12.2 Å². The minimum atomic E-state index is -0.863. The molecule has 0 bridgehead atoms. The van der Waals surface area contributed by atoms with Crippen molar-refractivity contribution in [1.29, 1.82) is 0 Å². The van der Waals surface area contributed by atoms with Crippen molar-refractivity contribution in [3.05, 3.63) is 28.7 Å². The van der Waals surface area contributed by atoms with Gasteiger partial charge in [-0.15, -0.1) is 0 Å². The molecule has 5 heteroatoms. The van der Waals surface area contributed by atoms with E-state index in [0.717, 1.165) is 10.2 Å². The number of carbonyl (C=O) groups excluding carboxylic acids is 1. The Morgan fingerprint density at radius 1 is 1.35 bits per heavy atom. The molecule has 0 saturated heterocycles. The van der Waals surface area contributed by atoms with Crippen LogP contribution in [0, 0.1) is 0 Å². The number of ether oxygens (including phenoxy) is 1. The van der Waals surface area contributed by atoms with Crippen molar-refractivity contribution >= 4 is 21.8 Å². The number of hydrogen-bond acceptors (Lipinski definition) is 3. The summed E-state index contributed by atoms with van der Waals surface area (Å²) in [6.45, 7) is 4.21. The average Bonchev–Trinajstić information content (AvgIpc) is 2.34. The van der Waals surface area contributed by atoms with Gasteiger partial charge < -0.3 is 14.7 Å². The minimum absolute atomic E-state index is 0.0199. The first-order valence-corrected chi connectivity index (χ1v) is 7.42. The van der Waals surface area contributed by atoms with Crippen molar-refractivity contribution in [2.45, 2.75) is 32.3 Å². The molecule has 1 N–H and O–H groups in total. The number of carbonyl (C=O) groups is 1. The smallest absolute Gasteiger partial charge is 0.222 e. The van der Waals surface area contributed by atoms with E-state index < -0.39 is 5.60 Å². The van der Waals surface area contributed by atoms with Crippen LogP contribution in [0.25, 0.3) is 0 Å². The minimum Gasteiger partial charge on any atom is -0.494 e. The summed E-state index contributed by atoms with van der Waals surface area (Å²) in [4.78, 5) is 13.4. The highest BCUT2D eigenvalue weighted by Crippen LogP contribution is 2.16. The highest BCUT2D eigenvalue weighted by molar-refractivity contribution is 9.10. The molecule has 112 valence electrons. The summed E-state index contributed by atoms with van der Waals surface area (Å²) >= 11 is 3.36. The molecule has 0 saturated carbocycles. The zero-order chi connectivity index (χ0) is 15.2. The van der Waals surface area contributed by atoms with Crippen LogP contribution in [0.1, 0.15) is 26.7 Å². The Morgan fingerprint density at radius 2 is 1.95 bits per heavy atom. The second kappa shape index (κ2) is 7.64. The first-order chi connectivity index (χ1) is 9.28. The number of aliphatic hydroxyl groups is 1. The van der Waals surface area contributed by atoms with E-state index in [9.17, 15) is 9.90 Å². The second-order valence-corrected chi connectivity index (χ2v) is 6.38. The van der Waals surface area contributed by atoms with Crippen LogP contribution >= 0.6 is 15.9 Å². The summed E-state index contributed by atoms with van der Waals surface area (Å²) in [6, 6.07) is 7.59. The lowest BCUT2D eigenvalue weighted by Crippen LogP contribution is -2.39. The maximum absolute atomic E-state index is 11.8. The van der Waals surface area contributed by atoms with Gasteiger partial charge in [0.2, 0.25) is 5.91 Å². The normalized spacial score (nSPS) is 11.2. The maximum atomic E-state index is 11.8. The Bertz CT molecular complexity index is 426. The van der Waals surface area contributed by atoms with Crippen LogP contribution in [0.15, 0.2) is 28.7 Å². The van der Waals surface area contributed by atoms with E-state index in [0.29, 0.717) is 26.0 Å². The summed E-state index contributed by atoms with van der Waals surface area (Å²) in [5.74, 6) is 0.817. The van der Waals surface area contributed by atoms with Gasteiger partial charge in [-0.25, -0.2) is 0 Å². The molecule has 1 amide bonds. The van der Waals surface area contributed by atoms with Gasteiger partial charge in [0.1, 0.15) is 5.75 Å². The number of halogens is 1. The van der Waals surface area contributed by atoms with Crippen molar-refractivity contribution in [3.8, 4) is 5.75 Å². The van der Waals surface area contributed by atoms with E-state index in [1.165, 1.54) is 0 Å². The van der Waals surface area contributed by atoms with E-state index in [2.05, 4.69) is 15.9 Å². The van der Waals surface area contributed by atoms with Gasteiger partial charge in [-0.2, -0.15) is 0 Å². The van der Waals surface area contributed by atoms with Crippen LogP contribution in [0.5, 0.6) is 5.75 Å². The quantitative estimate of drug-likeness (QED) is 0.774. The van der Waals surface area contributed by atoms with E-state index >= 15 is 0 Å². The number of rotatable bonds is 7. The Hall–Kier alpha value is -1.07. The molecule has 0 aliphatic rings. The molecule has 0 aromatic heterocycles. The Kier molecular flexibility index (Phi) is 6.49. The zero-order valence-electron chi connectivity index (χ0n) is 12.2. The molecule has 1 rings (SSSR count). The summed E-state index contributed by atoms with van der Waals surface area (Å²) in [5.41, 5.74) is -0.863. The van der Waals surface area contributed by atoms with Crippen LogP contribution < -0.4 is 4.74 Å². The number of nitrogens with zero attached hydrogens (tertiary/aromatic N) is 1. The first kappa shape index (κ1) is 17.0. The van der Waals surface area contributed by atoms with Gasteiger partial charge in [0.25, 0.3) is 0 Å². The average molecular weight is 344 g/mol. The third-order valence-electron chi connectivity index (χ3n) is 2.67. The fraction of sp³-hybridized carbons (Fsp3) is 0.533. The van der Waals surface area contributed by atoms with Crippen molar-refractivity contribution in [3.63, 3.8) is 0 Å². The van der Waals surface area contributed by atoms with E-state index in [1.807, 2.05) is 24.3 Å². The Balaban J connectivity index is 2.23. The predicted molar refractivity (Wildman–Crippen MR) is 82.8 cm³/mol. The van der Waals surface area contributed by atoms with Gasteiger partial charge in [0, 0.05) is 24.5 Å². The van der Waals surface area contributed by atoms with Crippen LogP contribution in [-0.2, 0) is 4.79 Å². The molecular weight excluding hydrogens is 322 g/mol. The van der Waals surface area contributed by atoms with Gasteiger partial charge >= 0.3 is 0 Å². The molecular formula is C15H22BrNO3. The molecule has 0 atom stereocenters. The SMILES string of the molecule is CN(CC(C)(C)O)C(=O)CCCOc1ccc(Br)cc1. The van der Waals surface area contributed by atoms with Gasteiger partial charge in [-0.05, 0) is 44.5 Å². The van der Waals surface area contributed by atoms with Gasteiger partial charge in [-0.3, -0.25) is 4.79 Å². The number of hydrogen-bond donors (Lipinski definition) is 1. The fourth-order valence-electron chi connectivity index (χ4n) is 1.80. The van der Waals surface area contributed by atoms with Crippen molar-refractivity contribution < 1.29 is 14.6 Å². The molecule has 1 aromatic rings. The van der Waals surface area contributed by atoms with Crippen molar-refractivity contribution in [1.82, 2.24) is 4.90 Å². The molecule has 1 aromatic carbocycles. The largest absolute Gasteiger partial charge is 0.494 e. The van der Waals surface area contributed by atoms with E-state index in [1.54, 1.807) is 25.8 Å². The van der Waals surface area contributed by atoms with Gasteiger partial charge in [0.15, 0.2) is 0 Å². The molecule has 0 spiro atoms. The summed E-state index contributed by atoms with van der Waals surface area (Å²) in [7, 11) is 1.70. The zero-order valence-corrected chi connectivity index (χ0v) is 13.8. The third-order valence-corrected chi connectivity index (χ3v) is 3.20. The lowest BCUT2D eigenvalue weighted by atomic mass is 10.1. The Morgan fingerprint density at radius 3 is 2.50 bits per heavy atom. The molecule has 0 heterocycles. The highest BCUT2D eigenvalue weighted by atomic mass is 79.9. The number of amides is 1. The summed E-state index contributed by atoms with van der Waals surface area (Å²) in [6.07, 6.45) is 1.08. The number of likely N-dealkylation sites (N-methyl/N-ethyl adjacent to an activating group) is 1. The second-order valence-electron chi connectivity index (χ2n) is 5.47. The number of benzene rings is 1. The van der Waals surface area contributed by atoms with Crippen LogP contribution in [0.2, 0.25) is 0 Å². The Labute approximate surface area is 128 Å². The molecule has 0 fully saturated rings. The highest BCUT2D eigenvalue weighted by Gasteiger charge is 2.18. The van der Waals surface area contributed by atoms with E-state index in [4.69, 9.17) is 4.74 Å². The maximum Gasteiger partial charge on any atom is 0.222 e. The molecule has 0 radical (unpaired) electrons. The van der Waals surface area contributed by atoms with Crippen molar-refractivity contribution in [2.24, 2.45) is 0 Å². The fourth-order valence-corrected chi connectivity index (χ4v) is 2.07. The topological polar surface area (TPSA) is 49.8 Å². The summed E-state index contributed by atoms with van der Waals surface area (Å²) in [5, 5.41) is 9.66. The lowest BCUT2D eigenvalue weighted by Gasteiger charge is -2.25. The molecule has 0 aliphatic carbocycles. The molecule has 20 heavy (non-hydrogen) atoms. The lowest BCUT2D eigenvalue weighted by molar-refractivity contribution is -0.132. The van der Waals surface area contributed by atoms with Gasteiger partial charge in [-0.1, -0.05) is 15.9 Å². The molecule has 0 unspecified atom stereocenters. The molecule has 0 aliphatic heterocycles. The van der Waals surface area contributed by atoms with Crippen molar-refractivity contribution in [2.75, 3.05) is 20.2 Å². The third kappa shape index (κ3) is 6.91. The monoisotopic (exact) mass is 343 g/mol. The van der Waals surface area contributed by atoms with Crippen LogP contribution in [-0.4, -0.2) is 41.7 Å². The molecule has 4 nitrogen and oxygen atoms in total. The van der Waals surface area contributed by atoms with Crippen LogP contribution in [0.3, 0.4) is 0 Å². The van der Waals surface area contributed by atoms with E-state index in [-0.39, 0.29) is 5.91 Å². The first-order valence-electron chi connectivity index (χ1n) is 6.63. The standard InChI is InChI=1S/C15H22BrNO3/c1-15(2,19)11-17(3)14(18)5-4-10-20-13-8-6-12(16)7-9-13/h6-9,19H,4-5,10-11H2,1-3H3. The van der Waals surface area contributed by atoms with Crippen LogP contribution in [0.4, 0.5) is 0 Å². The predicted octanol–water partition coefficient (Wildman–Crippen LogP) is 2.84. The summed E-state index contributed by atoms with van der Waals surface area (Å²) < 4.78 is 6.56.